The minimum Gasteiger partial charge on any atom is -0.497 e. The number of hydrogen-bond donors (Lipinski definition) is 1. The summed E-state index contributed by atoms with van der Waals surface area (Å²) in [4.78, 5) is 43.9. The van der Waals surface area contributed by atoms with E-state index in [0.717, 1.165) is 3.57 Å². The fourth-order valence-electron chi connectivity index (χ4n) is 5.20. The van der Waals surface area contributed by atoms with Crippen molar-refractivity contribution in [2.45, 2.75) is 26.5 Å². The topological polar surface area (TPSA) is 135 Å². The molecule has 5 rings (SSSR count). The fraction of sp³-hybridized carbons (Fsp3) is 0.235. The molecule has 1 N–H and O–H groups in total. The van der Waals surface area contributed by atoms with E-state index in [4.69, 9.17) is 23.7 Å². The smallest absolute Gasteiger partial charge is 0.338 e. The SMILES string of the molecule is CCOC(=O)C1=C(C)N=c2s/c(=C\c3cc(I)c(OCc4cccc(C(=O)O)c4)c(OC)c3)c(=O)n2[C@@H]1c1cc(OC)ccc1OC. The average molecular weight is 771 g/mol. The standard InChI is InChI=1S/C34H31IN2O9S/c1-6-45-33(41)28-18(2)36-34-37(29(28)23-16-22(42-3)10-11-25(23)43-4)31(38)27(47-34)15-20-13-24(35)30(26(14-20)44-5)46-17-19-8-7-9-21(12-19)32(39)40/h7-16,29H,6,17H2,1-5H3,(H,39,40)/b27-15-/t29-/m1/s1. The van der Waals surface area contributed by atoms with Gasteiger partial charge in [-0.3, -0.25) is 9.36 Å². The number of rotatable bonds is 11. The second kappa shape index (κ2) is 14.4. The van der Waals surface area contributed by atoms with Crippen molar-refractivity contribution in [3.05, 3.63) is 111 Å². The van der Waals surface area contributed by atoms with Gasteiger partial charge in [-0.15, -0.1) is 0 Å². The average Bonchev–Trinajstić information content (AvgIpc) is 3.36. The summed E-state index contributed by atoms with van der Waals surface area (Å²) >= 11 is 3.32. The number of carboxylic acids is 1. The molecule has 0 spiro atoms. The zero-order valence-corrected chi connectivity index (χ0v) is 29.1. The summed E-state index contributed by atoms with van der Waals surface area (Å²) in [6.45, 7) is 3.71. The molecule has 0 fully saturated rings. The maximum Gasteiger partial charge on any atom is 0.338 e. The maximum atomic E-state index is 14.2. The summed E-state index contributed by atoms with van der Waals surface area (Å²) in [6.07, 6.45) is 1.73. The number of fused-ring (bicyclic) bond motifs is 1. The van der Waals surface area contributed by atoms with E-state index in [1.807, 2.05) is 6.07 Å². The molecule has 0 unspecified atom stereocenters. The predicted molar refractivity (Wildman–Crippen MR) is 183 cm³/mol. The van der Waals surface area contributed by atoms with Crippen LogP contribution in [0.15, 0.2) is 75.7 Å². The Kier molecular flexibility index (Phi) is 10.3. The number of halogens is 1. The van der Waals surface area contributed by atoms with E-state index in [1.165, 1.54) is 43.3 Å². The Morgan fingerprint density at radius 2 is 1.81 bits per heavy atom. The number of carbonyl (C=O) groups excluding carboxylic acids is 1. The van der Waals surface area contributed by atoms with Crippen molar-refractivity contribution >= 4 is 51.9 Å². The number of ether oxygens (including phenoxy) is 5. The molecule has 0 aliphatic carbocycles. The lowest BCUT2D eigenvalue weighted by molar-refractivity contribution is -0.139. The van der Waals surface area contributed by atoms with Gasteiger partial charge < -0.3 is 28.8 Å². The van der Waals surface area contributed by atoms with Crippen molar-refractivity contribution in [3.8, 4) is 23.0 Å². The van der Waals surface area contributed by atoms with Crippen LogP contribution in [0.5, 0.6) is 23.0 Å². The Balaban J connectivity index is 1.59. The monoisotopic (exact) mass is 770 g/mol. The van der Waals surface area contributed by atoms with Gasteiger partial charge in [0.05, 0.1) is 52.9 Å². The summed E-state index contributed by atoms with van der Waals surface area (Å²) < 4.78 is 30.8. The summed E-state index contributed by atoms with van der Waals surface area (Å²) in [5, 5.41) is 9.31. The normalized spacial score (nSPS) is 14.3. The quantitative estimate of drug-likeness (QED) is 0.170. The molecule has 4 aromatic rings. The largest absolute Gasteiger partial charge is 0.497 e. The predicted octanol–water partition coefficient (Wildman–Crippen LogP) is 4.71. The second-order valence-electron chi connectivity index (χ2n) is 10.2. The molecule has 1 aromatic heterocycles. The molecule has 244 valence electrons. The van der Waals surface area contributed by atoms with Crippen molar-refractivity contribution in [2.24, 2.45) is 4.99 Å². The van der Waals surface area contributed by atoms with Crippen LogP contribution in [0.25, 0.3) is 6.08 Å². The van der Waals surface area contributed by atoms with Gasteiger partial charge in [-0.25, -0.2) is 14.6 Å². The second-order valence-corrected chi connectivity index (χ2v) is 12.4. The third kappa shape index (κ3) is 6.90. The third-order valence-corrected chi connectivity index (χ3v) is 9.14. The zero-order valence-electron chi connectivity index (χ0n) is 26.2. The van der Waals surface area contributed by atoms with Gasteiger partial charge in [0.1, 0.15) is 24.1 Å². The number of aromatic nitrogens is 1. The first-order valence-electron chi connectivity index (χ1n) is 14.3. The summed E-state index contributed by atoms with van der Waals surface area (Å²) in [5.74, 6) is 0.306. The van der Waals surface area contributed by atoms with Crippen LogP contribution < -0.4 is 33.8 Å². The highest BCUT2D eigenvalue weighted by atomic mass is 127. The number of allylic oxidation sites excluding steroid dienone is 1. The first-order valence-corrected chi connectivity index (χ1v) is 16.2. The van der Waals surface area contributed by atoms with E-state index >= 15 is 0 Å². The van der Waals surface area contributed by atoms with Crippen LogP contribution in [0, 0.1) is 3.57 Å². The van der Waals surface area contributed by atoms with Crippen molar-refractivity contribution in [1.82, 2.24) is 4.57 Å². The number of benzene rings is 3. The van der Waals surface area contributed by atoms with Crippen molar-refractivity contribution in [1.29, 1.82) is 0 Å². The van der Waals surface area contributed by atoms with Gasteiger partial charge in [0.25, 0.3) is 5.56 Å². The van der Waals surface area contributed by atoms with Crippen LogP contribution in [0.1, 0.15) is 46.9 Å². The Morgan fingerprint density at radius 3 is 2.49 bits per heavy atom. The van der Waals surface area contributed by atoms with Crippen molar-refractivity contribution in [2.75, 3.05) is 27.9 Å². The fourth-order valence-corrected chi connectivity index (χ4v) is 7.03. The molecule has 11 nitrogen and oxygen atoms in total. The minimum atomic E-state index is -1.02. The number of nitrogens with zero attached hydrogens (tertiary/aromatic N) is 2. The van der Waals surface area contributed by atoms with E-state index < -0.39 is 18.0 Å². The Bertz CT molecular complexity index is 2080. The molecule has 3 aromatic carbocycles. The first kappa shape index (κ1) is 33.7. The van der Waals surface area contributed by atoms with Gasteiger partial charge >= 0.3 is 11.9 Å². The lowest BCUT2D eigenvalue weighted by Crippen LogP contribution is -2.40. The molecule has 0 radical (unpaired) electrons. The van der Waals surface area contributed by atoms with Crippen molar-refractivity contribution < 1.29 is 38.4 Å². The molecule has 1 atom stereocenters. The molecular formula is C34H31IN2O9S. The molecule has 0 amide bonds. The minimum absolute atomic E-state index is 0.126. The Labute approximate surface area is 287 Å². The summed E-state index contributed by atoms with van der Waals surface area (Å²) in [5.41, 5.74) is 2.37. The molecule has 47 heavy (non-hydrogen) atoms. The van der Waals surface area contributed by atoms with Crippen LogP contribution in [-0.2, 0) is 16.1 Å². The van der Waals surface area contributed by atoms with Gasteiger partial charge in [-0.1, -0.05) is 23.5 Å². The highest BCUT2D eigenvalue weighted by Gasteiger charge is 2.35. The molecule has 0 saturated carbocycles. The highest BCUT2D eigenvalue weighted by Crippen LogP contribution is 2.38. The number of aromatic carboxylic acids is 1. The van der Waals surface area contributed by atoms with Crippen LogP contribution in [0.3, 0.4) is 0 Å². The Morgan fingerprint density at radius 1 is 1.04 bits per heavy atom. The lowest BCUT2D eigenvalue weighted by atomic mass is 9.94. The molecule has 0 saturated heterocycles. The number of methoxy groups -OCH3 is 3. The van der Waals surface area contributed by atoms with Gasteiger partial charge in [0, 0.05) is 5.56 Å². The van der Waals surface area contributed by atoms with Crippen LogP contribution >= 0.6 is 33.9 Å². The molecule has 2 heterocycles. The number of hydrogen-bond acceptors (Lipinski definition) is 10. The summed E-state index contributed by atoms with van der Waals surface area (Å²) in [6, 6.07) is 14.4. The van der Waals surface area contributed by atoms with E-state index in [2.05, 4.69) is 27.6 Å². The molecule has 13 heteroatoms. The van der Waals surface area contributed by atoms with Crippen LogP contribution in [-0.4, -0.2) is 49.5 Å². The number of thiazole rings is 1. The zero-order chi connectivity index (χ0) is 33.8. The van der Waals surface area contributed by atoms with E-state index in [1.54, 1.807) is 62.4 Å². The number of esters is 1. The summed E-state index contributed by atoms with van der Waals surface area (Å²) in [7, 11) is 4.57. The van der Waals surface area contributed by atoms with Gasteiger partial charge in [0.2, 0.25) is 0 Å². The molecule has 1 aliphatic rings. The lowest BCUT2D eigenvalue weighted by Gasteiger charge is -2.26. The van der Waals surface area contributed by atoms with Gasteiger partial charge in [0.15, 0.2) is 16.3 Å². The number of carboxylic acid groups (broad SMARTS) is 1. The van der Waals surface area contributed by atoms with E-state index in [0.29, 0.717) is 54.7 Å². The Hall–Kier alpha value is -4.63. The highest BCUT2D eigenvalue weighted by molar-refractivity contribution is 14.1. The van der Waals surface area contributed by atoms with E-state index in [-0.39, 0.29) is 29.9 Å². The van der Waals surface area contributed by atoms with Crippen LogP contribution in [0.4, 0.5) is 0 Å². The van der Waals surface area contributed by atoms with E-state index in [9.17, 15) is 19.5 Å². The maximum absolute atomic E-state index is 14.2. The first-order chi connectivity index (χ1) is 22.6. The molecule has 1 aliphatic heterocycles. The third-order valence-electron chi connectivity index (χ3n) is 7.36. The molecule has 0 bridgehead atoms. The van der Waals surface area contributed by atoms with Crippen molar-refractivity contribution in [3.63, 3.8) is 0 Å². The number of carbonyl (C=O) groups is 2. The molecular weight excluding hydrogens is 739 g/mol. The van der Waals surface area contributed by atoms with Gasteiger partial charge in [-0.05, 0) is 96.1 Å². The van der Waals surface area contributed by atoms with Crippen LogP contribution in [0.2, 0.25) is 0 Å². The van der Waals surface area contributed by atoms with Gasteiger partial charge in [-0.2, -0.15) is 0 Å².